The molecule has 2 heterocycles. The van der Waals surface area contributed by atoms with Gasteiger partial charge in [0.25, 0.3) is 5.91 Å². The van der Waals surface area contributed by atoms with Gasteiger partial charge in [-0.3, -0.25) is 9.59 Å². The molecule has 1 aromatic heterocycles. The third-order valence-electron chi connectivity index (χ3n) is 4.83. The van der Waals surface area contributed by atoms with Gasteiger partial charge in [-0.25, -0.2) is 0 Å². The first-order valence-electron chi connectivity index (χ1n) is 9.09. The number of hydrogen-bond donors (Lipinski definition) is 1. The van der Waals surface area contributed by atoms with Crippen molar-refractivity contribution in [3.63, 3.8) is 0 Å². The third kappa shape index (κ3) is 4.33. The normalized spacial score (nSPS) is 17.8. The Labute approximate surface area is 159 Å². The maximum atomic E-state index is 12.7. The molecule has 1 N–H and O–H groups in total. The summed E-state index contributed by atoms with van der Waals surface area (Å²) >= 11 is 1.45. The van der Waals surface area contributed by atoms with Crippen molar-refractivity contribution in [1.29, 1.82) is 0 Å². The maximum absolute atomic E-state index is 12.7. The van der Waals surface area contributed by atoms with Crippen molar-refractivity contribution >= 4 is 28.8 Å². The van der Waals surface area contributed by atoms with Gasteiger partial charge in [-0.2, -0.15) is 0 Å². The second-order valence-corrected chi connectivity index (χ2v) is 8.83. The van der Waals surface area contributed by atoms with Crippen molar-refractivity contribution in [2.24, 2.45) is 5.92 Å². The Kier molecular flexibility index (Phi) is 5.47. The first-order chi connectivity index (χ1) is 12.3. The molecule has 1 saturated heterocycles. The molecule has 5 heteroatoms. The van der Waals surface area contributed by atoms with Crippen LogP contribution in [0.3, 0.4) is 0 Å². The van der Waals surface area contributed by atoms with Gasteiger partial charge in [0.05, 0.1) is 10.8 Å². The van der Waals surface area contributed by atoms with Crippen molar-refractivity contribution in [3.05, 3.63) is 52.2 Å². The monoisotopic (exact) mass is 370 g/mol. The highest BCUT2D eigenvalue weighted by Crippen LogP contribution is 2.25. The topological polar surface area (TPSA) is 49.4 Å². The van der Waals surface area contributed by atoms with Crippen molar-refractivity contribution in [2.45, 2.75) is 39.0 Å². The Hall–Kier alpha value is -2.14. The van der Waals surface area contributed by atoms with E-state index in [4.69, 9.17) is 0 Å². The van der Waals surface area contributed by atoms with E-state index in [1.165, 1.54) is 16.9 Å². The van der Waals surface area contributed by atoms with Gasteiger partial charge in [0.2, 0.25) is 5.91 Å². The molecule has 3 rings (SSSR count). The number of rotatable bonds is 3. The number of carbonyl (C=O) groups is 2. The lowest BCUT2D eigenvalue weighted by Gasteiger charge is -2.31. The van der Waals surface area contributed by atoms with Crippen LogP contribution in [0, 0.1) is 5.92 Å². The van der Waals surface area contributed by atoms with Gasteiger partial charge in [-0.1, -0.05) is 39.0 Å². The fourth-order valence-corrected chi connectivity index (χ4v) is 3.92. The molecule has 138 valence electrons. The number of hydrogen-bond acceptors (Lipinski definition) is 3. The number of amides is 2. The van der Waals surface area contributed by atoms with Gasteiger partial charge in [0, 0.05) is 18.8 Å². The number of thiophene rings is 1. The second-order valence-electron chi connectivity index (χ2n) is 7.88. The third-order valence-corrected chi connectivity index (χ3v) is 5.69. The minimum atomic E-state index is -0.157. The number of nitrogens with one attached hydrogen (secondary N) is 1. The molecule has 0 radical (unpaired) electrons. The van der Waals surface area contributed by atoms with Crippen molar-refractivity contribution in [3.8, 4) is 0 Å². The zero-order valence-electron chi connectivity index (χ0n) is 15.6. The Morgan fingerprint density at radius 3 is 2.50 bits per heavy atom. The molecule has 1 aliphatic heterocycles. The number of carbonyl (C=O) groups excluding carboxylic acids is 2. The molecule has 1 atom stereocenters. The zero-order chi connectivity index (χ0) is 18.7. The molecule has 0 spiro atoms. The van der Waals surface area contributed by atoms with E-state index in [2.05, 4.69) is 38.2 Å². The molecule has 2 amide bonds. The molecule has 4 nitrogen and oxygen atoms in total. The lowest BCUT2D eigenvalue weighted by molar-refractivity contribution is -0.121. The lowest BCUT2D eigenvalue weighted by atomic mass is 9.87. The van der Waals surface area contributed by atoms with E-state index in [0.29, 0.717) is 6.54 Å². The molecule has 0 saturated carbocycles. The summed E-state index contributed by atoms with van der Waals surface area (Å²) in [6, 6.07) is 11.7. The van der Waals surface area contributed by atoms with Crippen LogP contribution in [0.1, 0.15) is 48.8 Å². The summed E-state index contributed by atoms with van der Waals surface area (Å²) < 4.78 is 0. The minimum absolute atomic E-state index is 0.00260. The lowest BCUT2D eigenvalue weighted by Crippen LogP contribution is -2.43. The second kappa shape index (κ2) is 7.62. The smallest absolute Gasteiger partial charge is 0.263 e. The summed E-state index contributed by atoms with van der Waals surface area (Å²) in [4.78, 5) is 27.7. The van der Waals surface area contributed by atoms with Crippen LogP contribution in [0.25, 0.3) is 0 Å². The number of anilines is 1. The number of benzene rings is 1. The molecule has 0 aliphatic carbocycles. The molecule has 1 aromatic carbocycles. The van der Waals surface area contributed by atoms with E-state index >= 15 is 0 Å². The molecular weight excluding hydrogens is 344 g/mol. The van der Waals surface area contributed by atoms with E-state index < -0.39 is 0 Å². The molecule has 1 fully saturated rings. The van der Waals surface area contributed by atoms with Crippen molar-refractivity contribution in [1.82, 2.24) is 4.90 Å². The van der Waals surface area contributed by atoms with Gasteiger partial charge in [-0.15, -0.1) is 11.3 Å². The van der Waals surface area contributed by atoms with Gasteiger partial charge < -0.3 is 10.2 Å². The predicted molar refractivity (Wildman–Crippen MR) is 107 cm³/mol. The molecular formula is C21H26N2O2S. The van der Waals surface area contributed by atoms with E-state index in [1.807, 2.05) is 34.5 Å². The fourth-order valence-electron chi connectivity index (χ4n) is 3.23. The molecule has 1 aliphatic rings. The number of piperidine rings is 1. The summed E-state index contributed by atoms with van der Waals surface area (Å²) in [7, 11) is 0. The Morgan fingerprint density at radius 2 is 1.88 bits per heavy atom. The summed E-state index contributed by atoms with van der Waals surface area (Å²) in [5.41, 5.74) is 2.14. The van der Waals surface area contributed by atoms with Crippen LogP contribution in [-0.4, -0.2) is 29.8 Å². The zero-order valence-corrected chi connectivity index (χ0v) is 16.4. The number of likely N-dealkylation sites (tertiary alicyclic amines) is 1. The van der Waals surface area contributed by atoms with E-state index in [-0.39, 0.29) is 23.1 Å². The minimum Gasteiger partial charge on any atom is -0.337 e. The van der Waals surface area contributed by atoms with Gasteiger partial charge in [0.15, 0.2) is 0 Å². The quantitative estimate of drug-likeness (QED) is 0.862. The standard InChI is InChI=1S/C21H26N2O2S/c1-21(2,3)16-8-10-17(11-9-16)22-19(24)15-6-4-12-23(14-15)20(25)18-7-5-13-26-18/h5,7-11,13,15H,4,6,12,14H2,1-3H3,(H,22,24)/t15-/m1/s1. The largest absolute Gasteiger partial charge is 0.337 e. The average Bonchev–Trinajstić information content (AvgIpc) is 3.15. The highest BCUT2D eigenvalue weighted by molar-refractivity contribution is 7.12. The van der Waals surface area contributed by atoms with Crippen LogP contribution >= 0.6 is 11.3 Å². The van der Waals surface area contributed by atoms with Crippen LogP contribution in [0.15, 0.2) is 41.8 Å². The van der Waals surface area contributed by atoms with E-state index in [9.17, 15) is 9.59 Å². The van der Waals surface area contributed by atoms with E-state index in [0.717, 1.165) is 30.0 Å². The first-order valence-corrected chi connectivity index (χ1v) is 9.97. The van der Waals surface area contributed by atoms with Gasteiger partial charge >= 0.3 is 0 Å². The van der Waals surface area contributed by atoms with Crippen LogP contribution in [0.5, 0.6) is 0 Å². The average molecular weight is 371 g/mol. The highest BCUT2D eigenvalue weighted by Gasteiger charge is 2.29. The summed E-state index contributed by atoms with van der Waals surface area (Å²) in [6.07, 6.45) is 1.68. The Morgan fingerprint density at radius 1 is 1.15 bits per heavy atom. The van der Waals surface area contributed by atoms with Crippen molar-refractivity contribution < 1.29 is 9.59 Å². The van der Waals surface area contributed by atoms with E-state index in [1.54, 1.807) is 0 Å². The molecule has 0 bridgehead atoms. The van der Waals surface area contributed by atoms with Crippen molar-refractivity contribution in [2.75, 3.05) is 18.4 Å². The van der Waals surface area contributed by atoms with Crippen LogP contribution in [0.2, 0.25) is 0 Å². The Balaban J connectivity index is 1.61. The first kappa shape index (κ1) is 18.6. The number of nitrogens with zero attached hydrogens (tertiary/aromatic N) is 1. The molecule has 2 aromatic rings. The predicted octanol–water partition coefficient (Wildman–Crippen LogP) is 4.54. The summed E-state index contributed by atoms with van der Waals surface area (Å²) in [5.74, 6) is -0.126. The maximum Gasteiger partial charge on any atom is 0.263 e. The SMILES string of the molecule is CC(C)(C)c1ccc(NC(=O)[C@@H]2CCCN(C(=O)c3cccs3)C2)cc1. The Bertz CT molecular complexity index is 760. The van der Waals surface area contributed by atoms with Gasteiger partial charge in [-0.05, 0) is 47.4 Å². The highest BCUT2D eigenvalue weighted by atomic mass is 32.1. The van der Waals surface area contributed by atoms with Crippen LogP contribution in [-0.2, 0) is 10.2 Å². The van der Waals surface area contributed by atoms with Crippen LogP contribution < -0.4 is 5.32 Å². The summed E-state index contributed by atoms with van der Waals surface area (Å²) in [5, 5.41) is 4.92. The van der Waals surface area contributed by atoms with Gasteiger partial charge in [0.1, 0.15) is 0 Å². The van der Waals surface area contributed by atoms with Crippen LogP contribution in [0.4, 0.5) is 5.69 Å². The molecule has 0 unspecified atom stereocenters. The summed E-state index contributed by atoms with van der Waals surface area (Å²) in [6.45, 7) is 7.72. The fraction of sp³-hybridized carbons (Fsp3) is 0.429. The molecule has 26 heavy (non-hydrogen) atoms.